The van der Waals surface area contributed by atoms with E-state index in [9.17, 15) is 4.79 Å². The largest absolute Gasteiger partial charge is 0.497 e. The molecule has 2 rings (SSSR count). The maximum absolute atomic E-state index is 11.7. The summed E-state index contributed by atoms with van der Waals surface area (Å²) in [7, 11) is 1.61. The first-order valence-electron chi connectivity index (χ1n) is 5.99. The van der Waals surface area contributed by atoms with Crippen LogP contribution in [0.4, 0.5) is 0 Å². The van der Waals surface area contributed by atoms with E-state index in [1.807, 2.05) is 31.2 Å². The van der Waals surface area contributed by atoms with Crippen molar-refractivity contribution >= 4 is 5.91 Å². The van der Waals surface area contributed by atoms with E-state index in [2.05, 4.69) is 10.5 Å². The third-order valence-electron chi connectivity index (χ3n) is 2.67. The Morgan fingerprint density at radius 2 is 2.11 bits per heavy atom. The zero-order valence-corrected chi connectivity index (χ0v) is 11.0. The van der Waals surface area contributed by atoms with E-state index in [0.29, 0.717) is 13.0 Å². The topological polar surface area (TPSA) is 64.4 Å². The quantitative estimate of drug-likeness (QED) is 0.891. The predicted molar refractivity (Wildman–Crippen MR) is 69.8 cm³/mol. The van der Waals surface area contributed by atoms with Gasteiger partial charge in [0, 0.05) is 6.07 Å². The van der Waals surface area contributed by atoms with E-state index in [-0.39, 0.29) is 5.91 Å². The molecule has 0 saturated carbocycles. The number of benzene rings is 1. The first-order chi connectivity index (χ1) is 9.17. The zero-order chi connectivity index (χ0) is 13.7. The molecule has 0 fully saturated rings. The molecule has 0 aliphatic rings. The fourth-order valence-corrected chi connectivity index (χ4v) is 1.68. The molecule has 0 saturated heterocycles. The monoisotopic (exact) mass is 260 g/mol. The number of aromatic nitrogens is 1. The standard InChI is InChI=1S/C14H16N2O3/c1-10-7-12(16-19-10)9-15-14(17)8-11-3-5-13(18-2)6-4-11/h3-7H,8-9H2,1-2H3,(H,15,17). The van der Waals surface area contributed by atoms with Crippen LogP contribution in [0.5, 0.6) is 5.75 Å². The molecule has 19 heavy (non-hydrogen) atoms. The summed E-state index contributed by atoms with van der Waals surface area (Å²) in [4.78, 5) is 11.7. The Kier molecular flexibility index (Phi) is 4.18. The van der Waals surface area contributed by atoms with Crippen LogP contribution in [-0.2, 0) is 17.8 Å². The molecule has 2 aromatic rings. The molecule has 1 aromatic carbocycles. The van der Waals surface area contributed by atoms with Crippen molar-refractivity contribution in [3.63, 3.8) is 0 Å². The third kappa shape index (κ3) is 3.84. The lowest BCUT2D eigenvalue weighted by Gasteiger charge is -2.04. The summed E-state index contributed by atoms with van der Waals surface area (Å²) in [6, 6.07) is 9.22. The second-order valence-electron chi connectivity index (χ2n) is 4.23. The van der Waals surface area contributed by atoms with Gasteiger partial charge in [-0.3, -0.25) is 4.79 Å². The minimum Gasteiger partial charge on any atom is -0.497 e. The van der Waals surface area contributed by atoms with Crippen LogP contribution < -0.4 is 10.1 Å². The van der Waals surface area contributed by atoms with Gasteiger partial charge >= 0.3 is 0 Å². The molecule has 0 atom stereocenters. The van der Waals surface area contributed by atoms with Gasteiger partial charge in [-0.05, 0) is 24.6 Å². The first kappa shape index (κ1) is 13.1. The lowest BCUT2D eigenvalue weighted by atomic mass is 10.1. The van der Waals surface area contributed by atoms with Gasteiger partial charge in [0.1, 0.15) is 17.2 Å². The van der Waals surface area contributed by atoms with Crippen LogP contribution in [0.1, 0.15) is 17.0 Å². The summed E-state index contributed by atoms with van der Waals surface area (Å²) >= 11 is 0. The van der Waals surface area contributed by atoms with Crippen LogP contribution in [0.15, 0.2) is 34.9 Å². The van der Waals surface area contributed by atoms with Crippen LogP contribution in [0.2, 0.25) is 0 Å². The van der Waals surface area contributed by atoms with Crippen molar-refractivity contribution in [1.29, 1.82) is 0 Å². The zero-order valence-electron chi connectivity index (χ0n) is 11.0. The summed E-state index contributed by atoms with van der Waals surface area (Å²) in [5, 5.41) is 6.61. The second-order valence-corrected chi connectivity index (χ2v) is 4.23. The SMILES string of the molecule is COc1ccc(CC(=O)NCc2cc(C)on2)cc1. The van der Waals surface area contributed by atoms with Gasteiger partial charge in [-0.2, -0.15) is 0 Å². The van der Waals surface area contributed by atoms with E-state index in [1.54, 1.807) is 13.2 Å². The average Bonchev–Trinajstić information content (AvgIpc) is 2.83. The molecule has 0 unspecified atom stereocenters. The fraction of sp³-hybridized carbons (Fsp3) is 0.286. The average molecular weight is 260 g/mol. The maximum atomic E-state index is 11.7. The van der Waals surface area contributed by atoms with E-state index in [1.165, 1.54) is 0 Å². The van der Waals surface area contributed by atoms with Gasteiger partial charge in [-0.1, -0.05) is 17.3 Å². The van der Waals surface area contributed by atoms with Crippen molar-refractivity contribution in [1.82, 2.24) is 10.5 Å². The van der Waals surface area contributed by atoms with Crippen molar-refractivity contribution in [2.45, 2.75) is 19.9 Å². The molecule has 0 spiro atoms. The highest BCUT2D eigenvalue weighted by Crippen LogP contribution is 2.11. The minimum absolute atomic E-state index is 0.0502. The van der Waals surface area contributed by atoms with Gasteiger partial charge in [-0.25, -0.2) is 0 Å². The molecule has 1 N–H and O–H groups in total. The highest BCUT2D eigenvalue weighted by molar-refractivity contribution is 5.78. The Morgan fingerprint density at radius 3 is 2.68 bits per heavy atom. The van der Waals surface area contributed by atoms with Crippen LogP contribution in [0, 0.1) is 6.92 Å². The number of ether oxygens (including phenoxy) is 1. The van der Waals surface area contributed by atoms with E-state index >= 15 is 0 Å². The van der Waals surface area contributed by atoms with Crippen molar-refractivity contribution in [2.75, 3.05) is 7.11 Å². The number of hydrogen-bond acceptors (Lipinski definition) is 4. The van der Waals surface area contributed by atoms with Gasteiger partial charge in [0.15, 0.2) is 0 Å². The smallest absolute Gasteiger partial charge is 0.224 e. The van der Waals surface area contributed by atoms with E-state index in [4.69, 9.17) is 9.26 Å². The molecule has 1 heterocycles. The van der Waals surface area contributed by atoms with Crippen LogP contribution >= 0.6 is 0 Å². The van der Waals surface area contributed by atoms with Crippen molar-refractivity contribution in [2.24, 2.45) is 0 Å². The predicted octanol–water partition coefficient (Wildman–Crippen LogP) is 1.85. The summed E-state index contributed by atoms with van der Waals surface area (Å²) in [6.45, 7) is 2.20. The minimum atomic E-state index is -0.0502. The van der Waals surface area contributed by atoms with Crippen molar-refractivity contribution < 1.29 is 14.1 Å². The Balaban J connectivity index is 1.83. The second kappa shape index (κ2) is 6.04. The number of aryl methyl sites for hydroxylation is 1. The number of carbonyl (C=O) groups excluding carboxylic acids is 1. The number of nitrogens with one attached hydrogen (secondary N) is 1. The number of hydrogen-bond donors (Lipinski definition) is 1. The summed E-state index contributed by atoms with van der Waals surface area (Å²) in [6.07, 6.45) is 0.334. The highest BCUT2D eigenvalue weighted by atomic mass is 16.5. The Bertz CT molecular complexity index is 546. The molecule has 0 radical (unpaired) electrons. The number of methoxy groups -OCH3 is 1. The lowest BCUT2D eigenvalue weighted by Crippen LogP contribution is -2.24. The lowest BCUT2D eigenvalue weighted by molar-refractivity contribution is -0.120. The molecule has 1 aromatic heterocycles. The molecule has 5 nitrogen and oxygen atoms in total. The number of rotatable bonds is 5. The number of nitrogens with zero attached hydrogens (tertiary/aromatic N) is 1. The molecule has 5 heteroatoms. The van der Waals surface area contributed by atoms with Gasteiger partial charge in [0.2, 0.25) is 5.91 Å². The normalized spacial score (nSPS) is 10.2. The van der Waals surface area contributed by atoms with Crippen molar-refractivity contribution in [3.05, 3.63) is 47.3 Å². The molecular weight excluding hydrogens is 244 g/mol. The molecule has 1 amide bonds. The molecule has 0 bridgehead atoms. The van der Waals surface area contributed by atoms with E-state index in [0.717, 1.165) is 22.8 Å². The number of amides is 1. The number of carbonyl (C=O) groups is 1. The van der Waals surface area contributed by atoms with Gasteiger partial charge in [0.25, 0.3) is 0 Å². The van der Waals surface area contributed by atoms with Gasteiger partial charge < -0.3 is 14.6 Å². The molecule has 0 aliphatic carbocycles. The van der Waals surface area contributed by atoms with Crippen LogP contribution in [-0.4, -0.2) is 18.2 Å². The van der Waals surface area contributed by atoms with Crippen LogP contribution in [0.25, 0.3) is 0 Å². The van der Waals surface area contributed by atoms with E-state index < -0.39 is 0 Å². The first-order valence-corrected chi connectivity index (χ1v) is 5.99. The third-order valence-corrected chi connectivity index (χ3v) is 2.67. The summed E-state index contributed by atoms with van der Waals surface area (Å²) in [5.74, 6) is 1.47. The molecular formula is C14H16N2O3. The molecule has 100 valence electrons. The Labute approximate surface area is 111 Å². The Hall–Kier alpha value is -2.30. The van der Waals surface area contributed by atoms with Crippen LogP contribution in [0.3, 0.4) is 0 Å². The fourth-order valence-electron chi connectivity index (χ4n) is 1.68. The molecule has 0 aliphatic heterocycles. The maximum Gasteiger partial charge on any atom is 0.224 e. The van der Waals surface area contributed by atoms with Gasteiger partial charge in [0.05, 0.1) is 20.1 Å². The van der Waals surface area contributed by atoms with Crippen molar-refractivity contribution in [3.8, 4) is 5.75 Å². The summed E-state index contributed by atoms with van der Waals surface area (Å²) in [5.41, 5.74) is 1.66. The Morgan fingerprint density at radius 1 is 1.37 bits per heavy atom. The summed E-state index contributed by atoms with van der Waals surface area (Å²) < 4.78 is 9.99. The highest BCUT2D eigenvalue weighted by Gasteiger charge is 2.05. The van der Waals surface area contributed by atoms with Gasteiger partial charge in [-0.15, -0.1) is 0 Å².